The lowest BCUT2D eigenvalue weighted by Crippen LogP contribution is -2.27. The monoisotopic (exact) mass is 477 g/mol. The van der Waals surface area contributed by atoms with Crippen LogP contribution in [0.25, 0.3) is 22.5 Å². The van der Waals surface area contributed by atoms with Crippen molar-refractivity contribution in [2.24, 2.45) is 10.7 Å². The zero-order valence-electron chi connectivity index (χ0n) is 19.0. The number of pyridine rings is 1. The molecule has 0 radical (unpaired) electrons. The first-order valence-corrected chi connectivity index (χ1v) is 10.6. The molecule has 0 spiro atoms. The van der Waals surface area contributed by atoms with Crippen molar-refractivity contribution >= 4 is 23.3 Å². The Morgan fingerprint density at radius 2 is 1.89 bits per heavy atom. The minimum atomic E-state index is -1.01. The van der Waals surface area contributed by atoms with Crippen LogP contribution in [0, 0.1) is 17.5 Å². The average Bonchev–Trinajstić information content (AvgIpc) is 3.27. The van der Waals surface area contributed by atoms with Crippen molar-refractivity contribution in [1.82, 2.24) is 14.3 Å². The van der Waals surface area contributed by atoms with Crippen molar-refractivity contribution in [3.05, 3.63) is 101 Å². The van der Waals surface area contributed by atoms with Gasteiger partial charge in [-0.05, 0) is 42.0 Å². The highest BCUT2D eigenvalue weighted by Gasteiger charge is 2.19. The summed E-state index contributed by atoms with van der Waals surface area (Å²) in [6.07, 6.45) is 6.52. The molecule has 0 aliphatic heterocycles. The van der Waals surface area contributed by atoms with E-state index in [0.717, 1.165) is 17.7 Å². The summed E-state index contributed by atoms with van der Waals surface area (Å²) < 4.78 is 43.5. The van der Waals surface area contributed by atoms with E-state index in [-0.39, 0.29) is 12.1 Å². The first kappa shape index (κ1) is 23.7. The fourth-order valence-electron chi connectivity index (χ4n) is 3.75. The topological polar surface area (TPSA) is 76.0 Å². The molecule has 6 nitrogen and oxygen atoms in total. The quantitative estimate of drug-likeness (QED) is 0.410. The van der Waals surface area contributed by atoms with Crippen LogP contribution in [0.4, 0.5) is 13.2 Å². The molecule has 178 valence electrons. The van der Waals surface area contributed by atoms with Crippen LogP contribution < -0.4 is 5.73 Å². The number of rotatable bonds is 6. The van der Waals surface area contributed by atoms with E-state index >= 15 is 4.39 Å². The second-order valence-electron chi connectivity index (χ2n) is 7.90. The third kappa shape index (κ3) is 4.79. The molecule has 0 saturated carbocycles. The number of nitrogens with zero attached hydrogens (tertiary/aromatic N) is 4. The third-order valence-electron chi connectivity index (χ3n) is 5.53. The molecular formula is C26H22F3N5O. The van der Waals surface area contributed by atoms with E-state index in [1.54, 1.807) is 29.9 Å². The molecule has 4 aromatic rings. The van der Waals surface area contributed by atoms with Gasteiger partial charge in [-0.3, -0.25) is 14.2 Å². The summed E-state index contributed by atoms with van der Waals surface area (Å²) in [4.78, 5) is 22.4. The van der Waals surface area contributed by atoms with Crippen LogP contribution in [-0.2, 0) is 6.54 Å². The lowest BCUT2D eigenvalue weighted by Gasteiger charge is -2.18. The molecule has 0 unspecified atom stereocenters. The molecule has 9 heteroatoms. The number of carbonyl (C=O) groups is 1. The summed E-state index contributed by atoms with van der Waals surface area (Å²) in [5.74, 6) is -3.28. The van der Waals surface area contributed by atoms with Crippen LogP contribution in [0.2, 0.25) is 0 Å². The Labute approximate surface area is 199 Å². The van der Waals surface area contributed by atoms with Gasteiger partial charge in [0.25, 0.3) is 5.91 Å². The molecule has 2 heterocycles. The van der Waals surface area contributed by atoms with Crippen LogP contribution in [0.5, 0.6) is 0 Å². The second kappa shape index (κ2) is 9.84. The average molecular weight is 477 g/mol. The minimum Gasteiger partial charge on any atom is -0.404 e. The summed E-state index contributed by atoms with van der Waals surface area (Å²) in [5, 5.41) is 0. The molecule has 0 aliphatic carbocycles. The normalized spacial score (nSPS) is 12.0. The van der Waals surface area contributed by atoms with Gasteiger partial charge in [0.15, 0.2) is 11.6 Å². The van der Waals surface area contributed by atoms with Gasteiger partial charge in [0.1, 0.15) is 11.5 Å². The predicted molar refractivity (Wildman–Crippen MR) is 129 cm³/mol. The summed E-state index contributed by atoms with van der Waals surface area (Å²) in [6.45, 7) is -0.00861. The molecule has 0 aliphatic rings. The van der Waals surface area contributed by atoms with E-state index in [0.29, 0.717) is 28.0 Å². The number of amides is 1. The fourth-order valence-corrected chi connectivity index (χ4v) is 3.75. The molecule has 0 bridgehead atoms. The Balaban J connectivity index is 1.62. The van der Waals surface area contributed by atoms with Crippen molar-refractivity contribution in [1.29, 1.82) is 0 Å². The molecule has 0 atom stereocenters. The number of imidazole rings is 1. The van der Waals surface area contributed by atoms with Gasteiger partial charge in [-0.15, -0.1) is 0 Å². The van der Waals surface area contributed by atoms with Gasteiger partial charge in [-0.1, -0.05) is 12.1 Å². The summed E-state index contributed by atoms with van der Waals surface area (Å²) in [5.41, 5.74) is 9.28. The number of hydrogen-bond acceptors (Lipinski definition) is 4. The highest BCUT2D eigenvalue weighted by atomic mass is 19.2. The SMILES string of the molecule is CN=CC(=CN)c1ccc2ncc(-c3ccc(C(=O)N(C)Cc4ccc(F)c(F)c4)c(F)c3)n2c1. The van der Waals surface area contributed by atoms with Crippen molar-refractivity contribution in [2.75, 3.05) is 14.1 Å². The van der Waals surface area contributed by atoms with Crippen LogP contribution >= 0.6 is 0 Å². The molecule has 2 aromatic carbocycles. The Bertz CT molecular complexity index is 1480. The van der Waals surface area contributed by atoms with Crippen LogP contribution in [0.3, 0.4) is 0 Å². The van der Waals surface area contributed by atoms with E-state index < -0.39 is 23.4 Å². The number of fused-ring (bicyclic) bond motifs is 1. The molecule has 0 fully saturated rings. The van der Waals surface area contributed by atoms with Gasteiger partial charge in [-0.25, -0.2) is 18.2 Å². The minimum absolute atomic E-state index is 0.00861. The summed E-state index contributed by atoms with van der Waals surface area (Å²) in [7, 11) is 3.11. The van der Waals surface area contributed by atoms with Crippen molar-refractivity contribution in [3.63, 3.8) is 0 Å². The van der Waals surface area contributed by atoms with E-state index in [1.807, 2.05) is 18.3 Å². The maximum Gasteiger partial charge on any atom is 0.256 e. The van der Waals surface area contributed by atoms with E-state index in [9.17, 15) is 13.6 Å². The highest BCUT2D eigenvalue weighted by molar-refractivity contribution is 6.09. The van der Waals surface area contributed by atoms with Gasteiger partial charge < -0.3 is 10.6 Å². The summed E-state index contributed by atoms with van der Waals surface area (Å²) >= 11 is 0. The molecular weight excluding hydrogens is 455 g/mol. The number of halogens is 3. The largest absolute Gasteiger partial charge is 0.404 e. The molecule has 4 rings (SSSR count). The maximum absolute atomic E-state index is 15.0. The number of hydrogen-bond donors (Lipinski definition) is 1. The smallest absolute Gasteiger partial charge is 0.256 e. The van der Waals surface area contributed by atoms with Gasteiger partial charge in [-0.2, -0.15) is 0 Å². The molecule has 2 aromatic heterocycles. The Morgan fingerprint density at radius 1 is 1.09 bits per heavy atom. The van der Waals surface area contributed by atoms with Gasteiger partial charge in [0.05, 0.1) is 17.5 Å². The zero-order valence-corrected chi connectivity index (χ0v) is 19.0. The summed E-state index contributed by atoms with van der Waals surface area (Å²) in [6, 6.07) is 11.3. The van der Waals surface area contributed by atoms with Crippen molar-refractivity contribution < 1.29 is 18.0 Å². The molecule has 2 N–H and O–H groups in total. The van der Waals surface area contributed by atoms with Crippen molar-refractivity contribution in [2.45, 2.75) is 6.54 Å². The number of benzene rings is 2. The third-order valence-corrected chi connectivity index (χ3v) is 5.53. The second-order valence-corrected chi connectivity index (χ2v) is 7.90. The van der Waals surface area contributed by atoms with E-state index in [4.69, 9.17) is 5.73 Å². The number of nitrogens with two attached hydrogens (primary N) is 1. The molecule has 0 saturated heterocycles. The first-order chi connectivity index (χ1) is 16.8. The number of allylic oxidation sites excluding steroid dienone is 1. The lowest BCUT2D eigenvalue weighted by molar-refractivity contribution is 0.0780. The number of aliphatic imine (C=N–C) groups is 1. The fraction of sp³-hybridized carbons (Fsp3) is 0.115. The first-order valence-electron chi connectivity index (χ1n) is 10.6. The maximum atomic E-state index is 15.0. The molecule has 1 amide bonds. The highest BCUT2D eigenvalue weighted by Crippen LogP contribution is 2.25. The molecule has 35 heavy (non-hydrogen) atoms. The zero-order chi connectivity index (χ0) is 25.1. The van der Waals surface area contributed by atoms with E-state index in [2.05, 4.69) is 9.98 Å². The van der Waals surface area contributed by atoms with E-state index in [1.165, 1.54) is 36.3 Å². The van der Waals surface area contributed by atoms with Gasteiger partial charge >= 0.3 is 0 Å². The van der Waals surface area contributed by atoms with Crippen molar-refractivity contribution in [3.8, 4) is 11.3 Å². The Kier molecular flexibility index (Phi) is 6.68. The number of carbonyl (C=O) groups excluding carboxylic acids is 1. The van der Waals surface area contributed by atoms with Crippen LogP contribution in [0.15, 0.2) is 72.1 Å². The van der Waals surface area contributed by atoms with Gasteiger partial charge in [0, 0.05) is 56.0 Å². The van der Waals surface area contributed by atoms with Crippen LogP contribution in [-0.4, -0.2) is 40.5 Å². The standard InChI is InChI=1S/C26H22F3N5O/c1-31-12-19(11-30)18-5-8-25-32-13-24(34(25)15-18)17-4-6-20(22(28)10-17)26(35)33(2)14-16-3-7-21(27)23(29)9-16/h3-13,15H,14,30H2,1-2H3. The Morgan fingerprint density at radius 3 is 2.57 bits per heavy atom. The van der Waals surface area contributed by atoms with Gasteiger partial charge in [0.2, 0.25) is 0 Å². The predicted octanol–water partition coefficient (Wildman–Crippen LogP) is 4.69. The lowest BCUT2D eigenvalue weighted by atomic mass is 10.1. The number of aromatic nitrogens is 2. The van der Waals surface area contributed by atoms with Crippen LogP contribution in [0.1, 0.15) is 21.5 Å². The Hall–Kier alpha value is -4.40.